The minimum absolute atomic E-state index is 0.244. The number of nitrogens with zero attached hydrogens (tertiary/aromatic N) is 2. The number of aromatic nitrogens is 2. The summed E-state index contributed by atoms with van der Waals surface area (Å²) in [7, 11) is 3.32. The van der Waals surface area contributed by atoms with Crippen molar-refractivity contribution in [2.45, 2.75) is 0 Å². The van der Waals surface area contributed by atoms with Gasteiger partial charge in [0.2, 0.25) is 0 Å². The van der Waals surface area contributed by atoms with Crippen LogP contribution in [0.4, 0.5) is 15.9 Å². The lowest BCUT2D eigenvalue weighted by Crippen LogP contribution is -1.99. The van der Waals surface area contributed by atoms with Gasteiger partial charge in [-0.05, 0) is 51.3 Å². The second-order valence-corrected chi connectivity index (χ2v) is 5.87. The molecule has 0 spiro atoms. The number of hydrogen-bond donors (Lipinski definition) is 1. The maximum atomic E-state index is 13.8. The molecule has 0 amide bonds. The fraction of sp³-hybridized carbons (Fsp3) is 0.118. The van der Waals surface area contributed by atoms with Crippen molar-refractivity contribution < 1.29 is 9.13 Å². The Morgan fingerprint density at radius 2 is 1.83 bits per heavy atom. The summed E-state index contributed by atoms with van der Waals surface area (Å²) in [6.07, 6.45) is 1.73. The monoisotopic (exact) mass is 375 g/mol. The third-order valence-electron chi connectivity index (χ3n) is 3.53. The summed E-state index contributed by atoms with van der Waals surface area (Å²) in [6, 6.07) is 12.7. The highest BCUT2D eigenvalue weighted by Crippen LogP contribution is 2.28. The lowest BCUT2D eigenvalue weighted by Gasteiger charge is -2.09. The molecule has 3 aromatic rings. The predicted molar refractivity (Wildman–Crippen MR) is 92.6 cm³/mol. The van der Waals surface area contributed by atoms with Crippen molar-refractivity contribution in [2.24, 2.45) is 7.05 Å². The molecule has 0 atom stereocenters. The first kappa shape index (κ1) is 15.6. The van der Waals surface area contributed by atoms with Crippen LogP contribution in [0.25, 0.3) is 11.1 Å². The number of anilines is 2. The molecular weight excluding hydrogens is 361 g/mol. The van der Waals surface area contributed by atoms with Crippen molar-refractivity contribution in [1.29, 1.82) is 0 Å². The second kappa shape index (κ2) is 6.42. The molecule has 1 heterocycles. The molecule has 3 rings (SSSR count). The number of halogens is 2. The lowest BCUT2D eigenvalue weighted by molar-refractivity contribution is 0.386. The number of rotatable bonds is 4. The van der Waals surface area contributed by atoms with Crippen LogP contribution in [-0.2, 0) is 7.05 Å². The topological polar surface area (TPSA) is 39.1 Å². The standard InChI is InChI=1S/C17H15BrFN3O/c1-22-17(14(18)10-20-22)21-13-6-3-11(4-7-13)12-5-8-16(23-2)15(19)9-12/h3-10,21H,1-2H3. The van der Waals surface area contributed by atoms with Gasteiger partial charge in [-0.2, -0.15) is 5.10 Å². The van der Waals surface area contributed by atoms with Crippen LogP contribution in [0.1, 0.15) is 0 Å². The minimum Gasteiger partial charge on any atom is -0.494 e. The molecule has 0 saturated carbocycles. The Morgan fingerprint density at radius 1 is 1.13 bits per heavy atom. The Morgan fingerprint density at radius 3 is 2.39 bits per heavy atom. The van der Waals surface area contributed by atoms with Crippen molar-refractivity contribution in [1.82, 2.24) is 9.78 Å². The third kappa shape index (κ3) is 3.22. The Labute approximate surface area is 142 Å². The second-order valence-electron chi connectivity index (χ2n) is 5.02. The number of benzene rings is 2. The number of hydrogen-bond acceptors (Lipinski definition) is 3. The van der Waals surface area contributed by atoms with E-state index >= 15 is 0 Å². The molecule has 2 aromatic carbocycles. The van der Waals surface area contributed by atoms with Crippen molar-refractivity contribution >= 4 is 27.4 Å². The number of methoxy groups -OCH3 is 1. The van der Waals surface area contributed by atoms with E-state index in [4.69, 9.17) is 4.74 Å². The van der Waals surface area contributed by atoms with Gasteiger partial charge in [-0.1, -0.05) is 18.2 Å². The van der Waals surface area contributed by atoms with Gasteiger partial charge in [0, 0.05) is 12.7 Å². The highest BCUT2D eigenvalue weighted by Gasteiger charge is 2.07. The van der Waals surface area contributed by atoms with Gasteiger partial charge in [-0.25, -0.2) is 4.39 Å². The quantitative estimate of drug-likeness (QED) is 0.715. The molecule has 0 aliphatic carbocycles. The van der Waals surface area contributed by atoms with Crippen LogP contribution in [0.3, 0.4) is 0 Å². The first-order valence-corrected chi connectivity index (χ1v) is 7.76. The Kier molecular flexibility index (Phi) is 4.34. The number of aryl methyl sites for hydroxylation is 1. The molecule has 6 heteroatoms. The van der Waals surface area contributed by atoms with Crippen molar-refractivity contribution in [3.8, 4) is 16.9 Å². The fourth-order valence-electron chi connectivity index (χ4n) is 2.28. The van der Waals surface area contributed by atoms with Crippen LogP contribution in [0, 0.1) is 5.82 Å². The zero-order chi connectivity index (χ0) is 16.4. The van der Waals surface area contributed by atoms with Gasteiger partial charge < -0.3 is 10.1 Å². The van der Waals surface area contributed by atoms with Crippen molar-refractivity contribution in [3.63, 3.8) is 0 Å². The summed E-state index contributed by atoms with van der Waals surface area (Å²) in [4.78, 5) is 0. The zero-order valence-corrected chi connectivity index (χ0v) is 14.3. The van der Waals surface area contributed by atoms with Crippen LogP contribution in [-0.4, -0.2) is 16.9 Å². The van der Waals surface area contributed by atoms with E-state index in [1.807, 2.05) is 37.4 Å². The SMILES string of the molecule is COc1ccc(-c2ccc(Nc3c(Br)cnn3C)cc2)cc1F. The number of nitrogens with one attached hydrogen (secondary N) is 1. The maximum Gasteiger partial charge on any atom is 0.165 e. The summed E-state index contributed by atoms with van der Waals surface area (Å²) in [5.74, 6) is 0.743. The van der Waals surface area contributed by atoms with Gasteiger partial charge in [0.15, 0.2) is 11.6 Å². The molecule has 0 unspecified atom stereocenters. The zero-order valence-electron chi connectivity index (χ0n) is 12.7. The molecule has 0 fully saturated rings. The highest BCUT2D eigenvalue weighted by molar-refractivity contribution is 9.10. The third-order valence-corrected chi connectivity index (χ3v) is 4.11. The summed E-state index contributed by atoms with van der Waals surface area (Å²) >= 11 is 3.45. The smallest absolute Gasteiger partial charge is 0.165 e. The molecular formula is C17H15BrFN3O. The largest absolute Gasteiger partial charge is 0.494 e. The van der Waals surface area contributed by atoms with Crippen LogP contribution in [0.15, 0.2) is 53.1 Å². The normalized spacial score (nSPS) is 10.6. The first-order valence-electron chi connectivity index (χ1n) is 6.97. The van der Waals surface area contributed by atoms with E-state index in [1.54, 1.807) is 16.9 Å². The van der Waals surface area contributed by atoms with Crippen LogP contribution >= 0.6 is 15.9 Å². The Hall–Kier alpha value is -2.34. The summed E-state index contributed by atoms with van der Waals surface area (Å²) < 4.78 is 21.4. The summed E-state index contributed by atoms with van der Waals surface area (Å²) in [6.45, 7) is 0. The van der Waals surface area contributed by atoms with Crippen molar-refractivity contribution in [2.75, 3.05) is 12.4 Å². The van der Waals surface area contributed by atoms with Gasteiger partial charge in [-0.15, -0.1) is 0 Å². The molecule has 118 valence electrons. The fourth-order valence-corrected chi connectivity index (χ4v) is 2.73. The number of ether oxygens (including phenoxy) is 1. The van der Waals surface area contributed by atoms with E-state index in [0.29, 0.717) is 0 Å². The Balaban J connectivity index is 1.83. The van der Waals surface area contributed by atoms with Gasteiger partial charge in [0.05, 0.1) is 17.8 Å². The van der Waals surface area contributed by atoms with Gasteiger partial charge >= 0.3 is 0 Å². The van der Waals surface area contributed by atoms with E-state index in [1.165, 1.54) is 13.2 Å². The molecule has 1 aromatic heterocycles. The molecule has 1 N–H and O–H groups in total. The lowest BCUT2D eigenvalue weighted by atomic mass is 10.0. The van der Waals surface area contributed by atoms with Crippen LogP contribution < -0.4 is 10.1 Å². The van der Waals surface area contributed by atoms with E-state index in [2.05, 4.69) is 26.3 Å². The molecule has 0 aliphatic heterocycles. The van der Waals surface area contributed by atoms with Gasteiger partial charge in [-0.3, -0.25) is 4.68 Å². The average Bonchev–Trinajstić information content (AvgIpc) is 2.87. The van der Waals surface area contributed by atoms with E-state index in [9.17, 15) is 4.39 Å². The molecule has 0 bridgehead atoms. The molecule has 4 nitrogen and oxygen atoms in total. The molecule has 0 radical (unpaired) electrons. The highest BCUT2D eigenvalue weighted by atomic mass is 79.9. The van der Waals surface area contributed by atoms with Crippen LogP contribution in [0.2, 0.25) is 0 Å². The van der Waals surface area contributed by atoms with Gasteiger partial charge in [0.25, 0.3) is 0 Å². The average molecular weight is 376 g/mol. The Bertz CT molecular complexity index is 811. The summed E-state index contributed by atoms with van der Waals surface area (Å²) in [5.41, 5.74) is 2.66. The van der Waals surface area contributed by atoms with Crippen molar-refractivity contribution in [3.05, 3.63) is 59.0 Å². The first-order chi connectivity index (χ1) is 11.1. The van der Waals surface area contributed by atoms with E-state index < -0.39 is 0 Å². The van der Waals surface area contributed by atoms with Gasteiger partial charge in [0.1, 0.15) is 5.82 Å². The molecule has 0 aliphatic rings. The maximum absolute atomic E-state index is 13.8. The van der Waals surface area contributed by atoms with Crippen LogP contribution in [0.5, 0.6) is 5.75 Å². The molecule has 0 saturated heterocycles. The molecule has 23 heavy (non-hydrogen) atoms. The predicted octanol–water partition coefficient (Wildman–Crippen LogP) is 4.74. The van der Waals surface area contributed by atoms with E-state index in [-0.39, 0.29) is 11.6 Å². The minimum atomic E-state index is -0.369. The summed E-state index contributed by atoms with van der Waals surface area (Å²) in [5, 5.41) is 7.45. The van der Waals surface area contributed by atoms with E-state index in [0.717, 1.165) is 27.1 Å².